The topological polar surface area (TPSA) is 116 Å². The molecule has 3 amide bonds. The molecule has 0 saturated heterocycles. The van der Waals surface area contributed by atoms with Gasteiger partial charge >= 0.3 is 0 Å². The van der Waals surface area contributed by atoms with Gasteiger partial charge in [0.05, 0.1) is 0 Å². The minimum absolute atomic E-state index is 0.256. The number of primary amides is 2. The van der Waals surface area contributed by atoms with E-state index in [1.807, 2.05) is 12.1 Å². The Morgan fingerprint density at radius 3 is 2.36 bits per heavy atom. The first-order chi connectivity index (χ1) is 12.0. The summed E-state index contributed by atoms with van der Waals surface area (Å²) in [6.45, 7) is -0.256. The lowest BCUT2D eigenvalue weighted by Gasteiger charge is -2.23. The van der Waals surface area contributed by atoms with E-state index >= 15 is 0 Å². The van der Waals surface area contributed by atoms with Crippen molar-refractivity contribution in [3.63, 3.8) is 0 Å². The van der Waals surface area contributed by atoms with Gasteiger partial charge in [0.25, 0.3) is 5.91 Å². The lowest BCUT2D eigenvalue weighted by molar-refractivity contribution is -0.125. The van der Waals surface area contributed by atoms with Crippen LogP contribution in [0.1, 0.15) is 15.9 Å². The van der Waals surface area contributed by atoms with Gasteiger partial charge in [0.15, 0.2) is 6.61 Å². The number of anilines is 1. The normalized spacial score (nSPS) is 15.5. The molecule has 3 rings (SSSR count). The number of fused-ring (bicyclic) bond motifs is 1. The number of nitrogens with zero attached hydrogens (tertiary/aromatic N) is 1. The Labute approximate surface area is 144 Å². The molecule has 0 unspecified atom stereocenters. The van der Waals surface area contributed by atoms with E-state index in [1.165, 1.54) is 17.0 Å². The highest BCUT2D eigenvalue weighted by molar-refractivity contribution is 6.03. The molecule has 1 heterocycles. The van der Waals surface area contributed by atoms with Crippen LogP contribution in [0.3, 0.4) is 0 Å². The van der Waals surface area contributed by atoms with Gasteiger partial charge in [-0.15, -0.1) is 0 Å². The maximum absolute atomic E-state index is 12.6. The van der Waals surface area contributed by atoms with E-state index in [2.05, 4.69) is 0 Å². The minimum Gasteiger partial charge on any atom is -0.484 e. The first-order valence-electron chi connectivity index (χ1n) is 7.69. The molecule has 0 spiro atoms. The van der Waals surface area contributed by atoms with Gasteiger partial charge in [-0.2, -0.15) is 0 Å². The Bertz CT molecular complexity index is 832. The summed E-state index contributed by atoms with van der Waals surface area (Å²) in [5.41, 5.74) is 12.5. The zero-order valence-electron chi connectivity index (χ0n) is 13.3. The molecule has 0 fully saturated rings. The highest BCUT2D eigenvalue weighted by Gasteiger charge is 2.37. The molecule has 0 aliphatic carbocycles. The van der Waals surface area contributed by atoms with Gasteiger partial charge in [0.1, 0.15) is 11.8 Å². The Hall–Kier alpha value is -3.35. The van der Waals surface area contributed by atoms with Gasteiger partial charge < -0.3 is 16.2 Å². The number of hydrogen-bond acceptors (Lipinski definition) is 4. The van der Waals surface area contributed by atoms with Crippen LogP contribution in [-0.2, 0) is 16.0 Å². The van der Waals surface area contributed by atoms with Gasteiger partial charge in [-0.05, 0) is 35.9 Å². The predicted octanol–water partition coefficient (Wildman–Crippen LogP) is 0.608. The van der Waals surface area contributed by atoms with E-state index in [1.54, 1.807) is 24.3 Å². The molecule has 7 heteroatoms. The molecule has 0 radical (unpaired) electrons. The Morgan fingerprint density at radius 1 is 1.04 bits per heavy atom. The van der Waals surface area contributed by atoms with E-state index in [0.717, 1.165) is 5.56 Å². The minimum atomic E-state index is -0.717. The summed E-state index contributed by atoms with van der Waals surface area (Å²) in [7, 11) is 0. The summed E-state index contributed by atoms with van der Waals surface area (Å²) in [5.74, 6) is -1.05. The fourth-order valence-electron chi connectivity index (χ4n) is 2.85. The van der Waals surface area contributed by atoms with Crippen molar-refractivity contribution >= 4 is 23.4 Å². The number of para-hydroxylation sites is 1. The van der Waals surface area contributed by atoms with Crippen LogP contribution in [0, 0.1) is 0 Å². The molecule has 2 aromatic carbocycles. The number of benzene rings is 2. The molecule has 4 N–H and O–H groups in total. The summed E-state index contributed by atoms with van der Waals surface area (Å²) in [4.78, 5) is 36.7. The van der Waals surface area contributed by atoms with Crippen molar-refractivity contribution in [1.29, 1.82) is 0 Å². The molecular formula is C18H17N3O4. The van der Waals surface area contributed by atoms with E-state index < -0.39 is 17.9 Å². The van der Waals surface area contributed by atoms with Crippen LogP contribution >= 0.6 is 0 Å². The zero-order valence-corrected chi connectivity index (χ0v) is 13.3. The van der Waals surface area contributed by atoms with E-state index in [4.69, 9.17) is 16.2 Å². The first kappa shape index (κ1) is 16.5. The van der Waals surface area contributed by atoms with Gasteiger partial charge in [-0.3, -0.25) is 19.3 Å². The number of carbonyl (C=O) groups excluding carboxylic acids is 3. The van der Waals surface area contributed by atoms with E-state index in [0.29, 0.717) is 23.4 Å². The third-order valence-electron chi connectivity index (χ3n) is 4.07. The molecule has 0 aromatic heterocycles. The van der Waals surface area contributed by atoms with Crippen molar-refractivity contribution in [2.75, 3.05) is 11.5 Å². The fraction of sp³-hybridized carbons (Fsp3) is 0.167. The number of rotatable bonds is 5. The summed E-state index contributed by atoms with van der Waals surface area (Å²) in [6, 6.07) is 12.7. The lowest BCUT2D eigenvalue weighted by Crippen LogP contribution is -2.47. The Kier molecular flexibility index (Phi) is 4.38. The number of ether oxygens (including phenoxy) is 1. The van der Waals surface area contributed by atoms with Gasteiger partial charge in [0, 0.05) is 17.7 Å². The van der Waals surface area contributed by atoms with Crippen molar-refractivity contribution in [1.82, 2.24) is 0 Å². The number of nitrogens with two attached hydrogens (primary N) is 2. The van der Waals surface area contributed by atoms with E-state index in [9.17, 15) is 14.4 Å². The first-order valence-corrected chi connectivity index (χ1v) is 7.69. The third-order valence-corrected chi connectivity index (χ3v) is 4.07. The summed E-state index contributed by atoms with van der Waals surface area (Å²) in [6.07, 6.45) is 0.393. The molecule has 2 aromatic rings. The fourth-order valence-corrected chi connectivity index (χ4v) is 2.85. The number of hydrogen-bond donors (Lipinski definition) is 2. The summed E-state index contributed by atoms with van der Waals surface area (Å²) >= 11 is 0. The van der Waals surface area contributed by atoms with Crippen LogP contribution < -0.4 is 21.1 Å². The highest BCUT2D eigenvalue weighted by atomic mass is 16.5. The second kappa shape index (κ2) is 6.64. The molecule has 0 saturated carbocycles. The van der Waals surface area contributed by atoms with Crippen molar-refractivity contribution in [2.45, 2.75) is 12.5 Å². The van der Waals surface area contributed by atoms with E-state index in [-0.39, 0.29) is 12.5 Å². The summed E-state index contributed by atoms with van der Waals surface area (Å²) < 4.78 is 5.46. The van der Waals surface area contributed by atoms with Gasteiger partial charge in [0.2, 0.25) is 11.8 Å². The van der Waals surface area contributed by atoms with Gasteiger partial charge in [-0.25, -0.2) is 0 Å². The Morgan fingerprint density at radius 2 is 1.72 bits per heavy atom. The van der Waals surface area contributed by atoms with Crippen LogP contribution in [0.2, 0.25) is 0 Å². The van der Waals surface area contributed by atoms with Crippen molar-refractivity contribution in [3.05, 3.63) is 59.7 Å². The van der Waals surface area contributed by atoms with Crippen molar-refractivity contribution < 1.29 is 19.1 Å². The maximum Gasteiger partial charge on any atom is 0.265 e. The molecule has 25 heavy (non-hydrogen) atoms. The van der Waals surface area contributed by atoms with Crippen LogP contribution in [0.5, 0.6) is 5.75 Å². The lowest BCUT2D eigenvalue weighted by atomic mass is 10.1. The highest BCUT2D eigenvalue weighted by Crippen LogP contribution is 2.32. The van der Waals surface area contributed by atoms with Crippen LogP contribution in [-0.4, -0.2) is 30.4 Å². The SMILES string of the molecule is NC(=O)c1ccc(OCC(=O)N2c3ccccc3C[C@H]2C(N)=O)cc1. The molecule has 7 nitrogen and oxygen atoms in total. The monoisotopic (exact) mass is 339 g/mol. The molecule has 1 aliphatic rings. The Balaban J connectivity index is 1.73. The zero-order chi connectivity index (χ0) is 18.0. The van der Waals surface area contributed by atoms with Crippen molar-refractivity contribution in [3.8, 4) is 5.75 Å². The maximum atomic E-state index is 12.6. The molecule has 128 valence electrons. The quantitative estimate of drug-likeness (QED) is 0.830. The van der Waals surface area contributed by atoms with Crippen LogP contribution in [0.25, 0.3) is 0 Å². The number of amides is 3. The molecule has 1 atom stereocenters. The molecular weight excluding hydrogens is 322 g/mol. The molecule has 0 bridgehead atoms. The second-order valence-corrected chi connectivity index (χ2v) is 5.69. The molecule has 1 aliphatic heterocycles. The summed E-state index contributed by atoms with van der Waals surface area (Å²) in [5, 5.41) is 0. The van der Waals surface area contributed by atoms with Crippen molar-refractivity contribution in [2.24, 2.45) is 11.5 Å². The number of carbonyl (C=O) groups is 3. The second-order valence-electron chi connectivity index (χ2n) is 5.69. The predicted molar refractivity (Wildman–Crippen MR) is 91.1 cm³/mol. The standard InChI is InChI=1S/C18H17N3O4/c19-17(23)11-5-7-13(8-6-11)25-10-16(22)21-14-4-2-1-3-12(14)9-15(21)18(20)24/h1-8,15H,9-10H2,(H2,19,23)(H2,20,24)/t15-/m0/s1. The average molecular weight is 339 g/mol. The van der Waals surface area contributed by atoms with Crippen LogP contribution in [0.4, 0.5) is 5.69 Å². The van der Waals surface area contributed by atoms with Crippen LogP contribution in [0.15, 0.2) is 48.5 Å². The average Bonchev–Trinajstić information content (AvgIpc) is 3.00. The largest absolute Gasteiger partial charge is 0.484 e. The third kappa shape index (κ3) is 3.30. The van der Waals surface area contributed by atoms with Gasteiger partial charge in [-0.1, -0.05) is 18.2 Å². The smallest absolute Gasteiger partial charge is 0.265 e.